The Hall–Kier alpha value is -5.30. The minimum atomic E-state index is -1.12. The van der Waals surface area contributed by atoms with E-state index in [0.29, 0.717) is 23.3 Å². The number of aryl methyl sites for hydroxylation is 2. The van der Waals surface area contributed by atoms with Gasteiger partial charge in [-0.1, -0.05) is 48.5 Å². The van der Waals surface area contributed by atoms with E-state index in [0.717, 1.165) is 17.5 Å². The third-order valence-corrected chi connectivity index (χ3v) is 5.88. The first-order chi connectivity index (χ1) is 17.8. The number of benzene rings is 4. The van der Waals surface area contributed by atoms with Crippen molar-refractivity contribution in [3.63, 3.8) is 0 Å². The molecular formula is C31H20F2N4. The van der Waals surface area contributed by atoms with Crippen LogP contribution in [0.4, 0.5) is 8.78 Å². The fraction of sp³-hybridized carbons (Fsp3) is 0.0968. The summed E-state index contributed by atoms with van der Waals surface area (Å²) in [5.41, 5.74) is 8.45. The predicted molar refractivity (Wildman–Crippen MR) is 136 cm³/mol. The van der Waals surface area contributed by atoms with Crippen LogP contribution < -0.4 is 0 Å². The van der Waals surface area contributed by atoms with E-state index in [1.165, 1.54) is 22.3 Å². The highest BCUT2D eigenvalue weighted by Gasteiger charge is 2.15. The van der Waals surface area contributed by atoms with Crippen molar-refractivity contribution < 1.29 is 8.78 Å². The molecule has 0 aromatic heterocycles. The molecule has 4 aromatic carbocycles. The second kappa shape index (κ2) is 11.9. The lowest BCUT2D eigenvalue weighted by Crippen LogP contribution is -1.90. The molecule has 1 aliphatic rings. The molecule has 0 saturated carbocycles. The molecule has 6 heteroatoms. The predicted octanol–water partition coefficient (Wildman–Crippen LogP) is 7.01. The van der Waals surface area contributed by atoms with E-state index in [-0.39, 0.29) is 11.1 Å². The zero-order valence-corrected chi connectivity index (χ0v) is 20.2. The number of hydrogen-bond donors (Lipinski definition) is 0. The molecule has 0 unspecified atom stereocenters. The van der Waals surface area contributed by atoms with Gasteiger partial charge in [-0.2, -0.15) is 21.0 Å². The summed E-state index contributed by atoms with van der Waals surface area (Å²) in [7, 11) is 0. The molecule has 0 heterocycles. The van der Waals surface area contributed by atoms with E-state index < -0.39 is 11.6 Å². The monoisotopic (exact) mass is 486 g/mol. The molecule has 0 aliphatic heterocycles. The molecule has 37 heavy (non-hydrogen) atoms. The first-order valence-corrected chi connectivity index (χ1v) is 11.2. The molecule has 0 radical (unpaired) electrons. The van der Waals surface area contributed by atoms with Crippen LogP contribution in [0.25, 0.3) is 11.1 Å². The molecule has 0 saturated heterocycles. The van der Waals surface area contributed by atoms with Crippen LogP contribution in [-0.4, -0.2) is 0 Å². The van der Waals surface area contributed by atoms with Gasteiger partial charge in [0.05, 0.1) is 22.3 Å². The Balaban J connectivity index is 0.000000155. The van der Waals surface area contributed by atoms with E-state index >= 15 is 0 Å². The average molecular weight is 487 g/mol. The minimum Gasteiger partial charge on any atom is -0.204 e. The molecule has 0 atom stereocenters. The smallest absolute Gasteiger partial charge is 0.160 e. The number of fused-ring (bicyclic) bond motifs is 3. The van der Waals surface area contributed by atoms with Gasteiger partial charge in [0.1, 0.15) is 24.3 Å². The van der Waals surface area contributed by atoms with Gasteiger partial charge >= 0.3 is 0 Å². The molecular weight excluding hydrogens is 466 g/mol. The van der Waals surface area contributed by atoms with Gasteiger partial charge in [-0.15, -0.1) is 0 Å². The molecule has 0 bridgehead atoms. The van der Waals surface area contributed by atoms with Gasteiger partial charge < -0.3 is 0 Å². The summed E-state index contributed by atoms with van der Waals surface area (Å²) >= 11 is 0. The third-order valence-electron chi connectivity index (χ3n) is 5.88. The van der Waals surface area contributed by atoms with Gasteiger partial charge in [0.2, 0.25) is 0 Å². The fourth-order valence-corrected chi connectivity index (χ4v) is 3.81. The molecule has 0 amide bonds. The van der Waals surface area contributed by atoms with Crippen LogP contribution in [0.2, 0.25) is 0 Å². The Morgan fingerprint density at radius 2 is 0.865 bits per heavy atom. The Morgan fingerprint density at radius 3 is 1.22 bits per heavy atom. The van der Waals surface area contributed by atoms with Crippen molar-refractivity contribution >= 4 is 0 Å². The highest BCUT2D eigenvalue weighted by molar-refractivity contribution is 5.76. The largest absolute Gasteiger partial charge is 0.204 e. The molecule has 0 spiro atoms. The quantitative estimate of drug-likeness (QED) is 0.235. The summed E-state index contributed by atoms with van der Waals surface area (Å²) in [5, 5.41) is 34.1. The number of nitrogens with zero attached hydrogens (tertiary/aromatic N) is 4. The van der Waals surface area contributed by atoms with Crippen molar-refractivity contribution in [2.24, 2.45) is 0 Å². The second-order valence-electron chi connectivity index (χ2n) is 8.23. The molecule has 0 fully saturated rings. The molecule has 5 rings (SSSR count). The van der Waals surface area contributed by atoms with Crippen molar-refractivity contribution in [2.75, 3.05) is 0 Å². The Bertz CT molecular complexity index is 1440. The van der Waals surface area contributed by atoms with E-state index in [4.69, 9.17) is 21.0 Å². The number of hydrogen-bond acceptors (Lipinski definition) is 4. The van der Waals surface area contributed by atoms with Crippen molar-refractivity contribution in [1.82, 2.24) is 0 Å². The maximum absolute atomic E-state index is 12.4. The lowest BCUT2D eigenvalue weighted by Gasteiger charge is -2.00. The van der Waals surface area contributed by atoms with Crippen LogP contribution in [0.1, 0.15) is 44.5 Å². The fourth-order valence-electron chi connectivity index (χ4n) is 3.81. The van der Waals surface area contributed by atoms with Crippen LogP contribution in [0, 0.1) is 70.8 Å². The molecule has 0 N–H and O–H groups in total. The zero-order chi connectivity index (χ0) is 26.9. The van der Waals surface area contributed by atoms with Gasteiger partial charge in [0.25, 0.3) is 0 Å². The Labute approximate surface area is 214 Å². The van der Waals surface area contributed by atoms with Crippen LogP contribution >= 0.6 is 0 Å². The Kier molecular flexibility index (Phi) is 8.46. The van der Waals surface area contributed by atoms with Crippen LogP contribution in [-0.2, 0) is 6.42 Å². The van der Waals surface area contributed by atoms with Crippen LogP contribution in [0.15, 0.2) is 72.8 Å². The highest BCUT2D eigenvalue weighted by atomic mass is 19.2. The standard InChI is InChI=1S/C13H10.C10H8N2.C8H2F2N2/c1-3-7-12-10(5-1)9-11-6-2-4-8-13(11)12;1-7-3-9(5-11)10(6-12)4-8(7)2;9-7-1-5(3-11)6(4-12)2-8(7)10/h1-8H,9H2;3-4H,1-2H3;1-2H. The van der Waals surface area contributed by atoms with Gasteiger partial charge in [-0.05, 0) is 77.9 Å². The maximum Gasteiger partial charge on any atom is 0.160 e. The number of nitriles is 4. The SMILES string of the molecule is Cc1cc(C#N)c(C#N)cc1C.N#Cc1cc(F)c(F)cc1C#N.c1ccc2c(c1)Cc1ccccc1-2. The molecule has 4 nitrogen and oxygen atoms in total. The molecule has 4 aromatic rings. The summed E-state index contributed by atoms with van der Waals surface area (Å²) in [6.07, 6.45) is 1.10. The second-order valence-corrected chi connectivity index (χ2v) is 8.23. The normalized spacial score (nSPS) is 9.95. The summed E-state index contributed by atoms with van der Waals surface area (Å²) in [6, 6.07) is 29.4. The third kappa shape index (κ3) is 6.04. The number of halogens is 2. The van der Waals surface area contributed by atoms with Crippen molar-refractivity contribution in [1.29, 1.82) is 21.0 Å². The van der Waals surface area contributed by atoms with Crippen molar-refractivity contribution in [3.05, 3.63) is 129 Å². The van der Waals surface area contributed by atoms with Crippen LogP contribution in [0.3, 0.4) is 0 Å². The summed E-state index contributed by atoms with van der Waals surface area (Å²) < 4.78 is 24.9. The van der Waals surface area contributed by atoms with Crippen molar-refractivity contribution in [2.45, 2.75) is 20.3 Å². The van der Waals surface area contributed by atoms with E-state index in [2.05, 4.69) is 48.5 Å². The first-order valence-electron chi connectivity index (χ1n) is 11.2. The van der Waals surface area contributed by atoms with E-state index in [1.807, 2.05) is 26.0 Å². The maximum atomic E-state index is 12.4. The average Bonchev–Trinajstić information content (AvgIpc) is 3.30. The summed E-state index contributed by atoms with van der Waals surface area (Å²) in [5.74, 6) is -2.24. The van der Waals surface area contributed by atoms with E-state index in [9.17, 15) is 8.78 Å². The molecule has 1 aliphatic carbocycles. The van der Waals surface area contributed by atoms with Crippen molar-refractivity contribution in [3.8, 4) is 35.4 Å². The van der Waals surface area contributed by atoms with Gasteiger partial charge in [0, 0.05) is 0 Å². The summed E-state index contributed by atoms with van der Waals surface area (Å²) in [6.45, 7) is 3.86. The highest BCUT2D eigenvalue weighted by Crippen LogP contribution is 2.35. The van der Waals surface area contributed by atoms with Gasteiger partial charge in [-0.3, -0.25) is 0 Å². The lowest BCUT2D eigenvalue weighted by molar-refractivity contribution is 0.508. The van der Waals surface area contributed by atoms with Gasteiger partial charge in [0.15, 0.2) is 11.6 Å². The minimum absolute atomic E-state index is 0.156. The first kappa shape index (κ1) is 26.3. The lowest BCUT2D eigenvalue weighted by atomic mass is 10.0. The van der Waals surface area contributed by atoms with Gasteiger partial charge in [-0.25, -0.2) is 8.78 Å². The van der Waals surface area contributed by atoms with E-state index in [1.54, 1.807) is 24.3 Å². The molecule has 178 valence electrons. The topological polar surface area (TPSA) is 95.2 Å². The summed E-state index contributed by atoms with van der Waals surface area (Å²) in [4.78, 5) is 0. The Morgan fingerprint density at radius 1 is 0.541 bits per heavy atom. The number of rotatable bonds is 0. The zero-order valence-electron chi connectivity index (χ0n) is 20.2. The van der Waals surface area contributed by atoms with Crippen LogP contribution in [0.5, 0.6) is 0 Å².